The average Bonchev–Trinajstić information content (AvgIpc) is 3.33. The third kappa shape index (κ3) is 5.76. The highest BCUT2D eigenvalue weighted by Gasteiger charge is 2.44. The van der Waals surface area contributed by atoms with Crippen molar-refractivity contribution in [3.8, 4) is 0 Å². The van der Waals surface area contributed by atoms with E-state index in [-0.39, 0.29) is 0 Å². The second-order valence-electron chi connectivity index (χ2n) is 6.96. The Balaban J connectivity index is 1.62. The summed E-state index contributed by atoms with van der Waals surface area (Å²) in [6.07, 6.45) is -0.485. The van der Waals surface area contributed by atoms with Crippen LogP contribution >= 0.6 is 11.8 Å². The topological polar surface area (TPSA) is 206 Å². The number of nitrogens with zero attached hydrogens (tertiary/aromatic N) is 7. The summed E-state index contributed by atoms with van der Waals surface area (Å²) in [6, 6.07) is 0. The van der Waals surface area contributed by atoms with Gasteiger partial charge < -0.3 is 25.0 Å². The summed E-state index contributed by atoms with van der Waals surface area (Å²) in [5.41, 5.74) is 14.9. The minimum Gasteiger partial charge on any atom is -0.449 e. The van der Waals surface area contributed by atoms with E-state index in [0.29, 0.717) is 60.9 Å². The van der Waals surface area contributed by atoms with Crippen LogP contribution in [0.1, 0.15) is 19.1 Å². The van der Waals surface area contributed by atoms with Crippen LogP contribution in [0.5, 0.6) is 0 Å². The Morgan fingerprint density at radius 3 is 3.06 bits per heavy atom. The zero-order chi connectivity index (χ0) is 22.9. The Kier molecular flexibility index (Phi) is 8.84. The van der Waals surface area contributed by atoms with Crippen molar-refractivity contribution in [1.29, 1.82) is 0 Å². The zero-order valence-corrected chi connectivity index (χ0v) is 17.9. The quantitative estimate of drug-likeness (QED) is 0.0777. The van der Waals surface area contributed by atoms with Crippen molar-refractivity contribution in [1.82, 2.24) is 19.5 Å². The van der Waals surface area contributed by atoms with Crippen LogP contribution in [0.3, 0.4) is 0 Å². The number of aliphatic hydroxyl groups is 2. The number of nitrogens with two attached hydrogens (primary N) is 1. The number of rotatable bonds is 13. The first-order valence-corrected chi connectivity index (χ1v) is 11.1. The van der Waals surface area contributed by atoms with E-state index in [9.17, 15) is 15.0 Å². The second-order valence-corrected chi connectivity index (χ2v) is 8.11. The number of azide groups is 1. The van der Waals surface area contributed by atoms with Crippen molar-refractivity contribution in [3.63, 3.8) is 0 Å². The van der Waals surface area contributed by atoms with Crippen LogP contribution in [-0.4, -0.2) is 85.3 Å². The van der Waals surface area contributed by atoms with Gasteiger partial charge in [-0.3, -0.25) is 15.1 Å². The molecule has 0 aromatic carbocycles. The molecule has 2 aromatic heterocycles. The molecular weight excluding hydrogens is 442 g/mol. The van der Waals surface area contributed by atoms with E-state index in [1.807, 2.05) is 0 Å². The molecule has 174 valence electrons. The molecule has 5 N–H and O–H groups in total. The molecule has 3 rings (SSSR count). The van der Waals surface area contributed by atoms with Crippen LogP contribution in [0.25, 0.3) is 21.6 Å². The number of hydrogen-bond donors (Lipinski definition) is 4. The highest BCUT2D eigenvalue weighted by atomic mass is 32.2. The standard InChI is InChI=1S/C17H25N9O5S/c18-11(30-9-27)2-5-32-6-10-13(28)14(29)17(31-10)26-8-23-12-15(21-7-22-16(12)26)20-3-1-4-24-25-19/h7-11,13-14,17,28-29H,1-6,18H2,(H,20,21,22)/t10-,11-,13?,14+,17-/m1/s1. The first-order valence-electron chi connectivity index (χ1n) is 9.93. The molecule has 2 aromatic rings. The van der Waals surface area contributed by atoms with E-state index in [2.05, 4.69) is 35.0 Å². The van der Waals surface area contributed by atoms with Crippen molar-refractivity contribution in [2.45, 2.75) is 43.6 Å². The van der Waals surface area contributed by atoms with Crippen LogP contribution in [0.4, 0.5) is 5.82 Å². The van der Waals surface area contributed by atoms with Gasteiger partial charge in [0.25, 0.3) is 6.47 Å². The number of thioether (sulfide) groups is 1. The van der Waals surface area contributed by atoms with Crippen molar-refractivity contribution in [3.05, 3.63) is 23.1 Å². The smallest absolute Gasteiger partial charge is 0.294 e. The first kappa shape index (κ1) is 24.0. The molecule has 0 amide bonds. The summed E-state index contributed by atoms with van der Waals surface area (Å²) in [5, 5.41) is 27.6. The number of aromatic nitrogens is 4. The van der Waals surface area contributed by atoms with E-state index < -0.39 is 30.8 Å². The molecule has 15 heteroatoms. The highest BCUT2D eigenvalue weighted by molar-refractivity contribution is 7.99. The minimum atomic E-state index is -1.17. The van der Waals surface area contributed by atoms with Gasteiger partial charge in [-0.25, -0.2) is 15.0 Å². The number of aliphatic hydroxyl groups excluding tert-OH is 2. The van der Waals surface area contributed by atoms with E-state index in [1.165, 1.54) is 24.4 Å². The third-order valence-electron chi connectivity index (χ3n) is 4.82. The molecule has 1 aliphatic heterocycles. The lowest BCUT2D eigenvalue weighted by atomic mass is 10.1. The van der Waals surface area contributed by atoms with Crippen LogP contribution in [0.2, 0.25) is 0 Å². The van der Waals surface area contributed by atoms with Crippen LogP contribution in [0, 0.1) is 0 Å². The predicted octanol–water partition coefficient (Wildman–Crippen LogP) is 0.139. The lowest BCUT2D eigenvalue weighted by Gasteiger charge is -2.16. The van der Waals surface area contributed by atoms with Gasteiger partial charge in [0.2, 0.25) is 0 Å². The molecule has 1 fully saturated rings. The molecule has 0 saturated carbocycles. The molecule has 5 atom stereocenters. The van der Waals surface area contributed by atoms with Gasteiger partial charge in [-0.2, -0.15) is 11.8 Å². The van der Waals surface area contributed by atoms with Crippen molar-refractivity contribution < 1.29 is 24.5 Å². The lowest BCUT2D eigenvalue weighted by molar-refractivity contribution is -0.133. The molecule has 1 unspecified atom stereocenters. The van der Waals surface area contributed by atoms with Gasteiger partial charge in [-0.1, -0.05) is 5.11 Å². The van der Waals surface area contributed by atoms with Crippen LogP contribution in [-0.2, 0) is 14.3 Å². The van der Waals surface area contributed by atoms with Crippen LogP contribution < -0.4 is 11.1 Å². The molecular formula is C17H25N9O5S. The van der Waals surface area contributed by atoms with Crippen molar-refractivity contribution in [2.75, 3.05) is 29.9 Å². The largest absolute Gasteiger partial charge is 0.449 e. The molecule has 0 radical (unpaired) electrons. The number of ether oxygens (including phenoxy) is 2. The van der Waals surface area contributed by atoms with Gasteiger partial charge >= 0.3 is 0 Å². The molecule has 0 spiro atoms. The first-order chi connectivity index (χ1) is 15.6. The Hall–Kier alpha value is -2.68. The maximum atomic E-state index is 10.6. The zero-order valence-electron chi connectivity index (χ0n) is 17.1. The Morgan fingerprint density at radius 1 is 1.44 bits per heavy atom. The van der Waals surface area contributed by atoms with E-state index in [1.54, 1.807) is 4.57 Å². The molecule has 1 aliphatic rings. The Bertz CT molecular complexity index is 940. The average molecular weight is 468 g/mol. The Morgan fingerprint density at radius 2 is 2.28 bits per heavy atom. The molecule has 1 saturated heterocycles. The summed E-state index contributed by atoms with van der Waals surface area (Å²) in [4.78, 5) is 25.7. The summed E-state index contributed by atoms with van der Waals surface area (Å²) >= 11 is 1.47. The van der Waals surface area contributed by atoms with Gasteiger partial charge in [0.1, 0.15) is 18.5 Å². The Labute approximate surface area is 187 Å². The normalized spacial score (nSPS) is 23.6. The van der Waals surface area contributed by atoms with Gasteiger partial charge in [-0.05, 0) is 17.7 Å². The number of carbonyl (C=O) groups excluding carboxylic acids is 1. The number of fused-ring (bicyclic) bond motifs is 1. The van der Waals surface area contributed by atoms with Gasteiger partial charge in [-0.15, -0.1) is 0 Å². The number of anilines is 1. The number of nitrogens with one attached hydrogen (secondary N) is 1. The van der Waals surface area contributed by atoms with Crippen molar-refractivity contribution in [2.24, 2.45) is 10.8 Å². The predicted molar refractivity (Wildman–Crippen MR) is 115 cm³/mol. The van der Waals surface area contributed by atoms with Gasteiger partial charge in [0, 0.05) is 30.2 Å². The van der Waals surface area contributed by atoms with E-state index in [0.717, 1.165) is 0 Å². The monoisotopic (exact) mass is 467 g/mol. The summed E-state index contributed by atoms with van der Waals surface area (Å²) in [5.74, 6) is 1.52. The van der Waals surface area contributed by atoms with E-state index >= 15 is 0 Å². The number of carbonyl (C=O) groups is 1. The van der Waals surface area contributed by atoms with Gasteiger partial charge in [0.15, 0.2) is 29.4 Å². The summed E-state index contributed by atoms with van der Waals surface area (Å²) in [7, 11) is 0. The summed E-state index contributed by atoms with van der Waals surface area (Å²) < 4.78 is 12.1. The fraction of sp³-hybridized carbons (Fsp3) is 0.647. The second kappa shape index (κ2) is 11.8. The maximum Gasteiger partial charge on any atom is 0.294 e. The van der Waals surface area contributed by atoms with Crippen LogP contribution in [0.15, 0.2) is 17.8 Å². The fourth-order valence-corrected chi connectivity index (χ4v) is 4.28. The SMILES string of the molecule is [N-]=[N+]=NCCCNc1ncnc2c1ncn2[C@@H]1O[C@H](CSCC[C@H](N)OC=O)C(O)[C@@H]1O. The number of hydrogen-bond acceptors (Lipinski definition) is 12. The molecule has 14 nitrogen and oxygen atoms in total. The maximum absolute atomic E-state index is 10.6. The van der Waals surface area contributed by atoms with Gasteiger partial charge in [0.05, 0.1) is 12.4 Å². The highest BCUT2D eigenvalue weighted by Crippen LogP contribution is 2.33. The van der Waals surface area contributed by atoms with Crippen molar-refractivity contribution >= 4 is 35.2 Å². The lowest BCUT2D eigenvalue weighted by Crippen LogP contribution is -2.32. The third-order valence-corrected chi connectivity index (χ3v) is 5.91. The number of imidazole rings is 1. The molecule has 32 heavy (non-hydrogen) atoms. The molecule has 0 aliphatic carbocycles. The van der Waals surface area contributed by atoms with E-state index in [4.69, 9.17) is 16.0 Å². The summed E-state index contributed by atoms with van der Waals surface area (Å²) in [6.45, 7) is 1.20. The minimum absolute atomic E-state index is 0.309. The molecule has 0 bridgehead atoms. The fourth-order valence-electron chi connectivity index (χ4n) is 3.20. The molecule has 3 heterocycles.